The summed E-state index contributed by atoms with van der Waals surface area (Å²) in [5.41, 5.74) is 6.74. The SMILES string of the molecule is CCCOc1nc(CCC)nc(NC2CCCCC2)c1N. The number of nitrogen functional groups attached to an aromatic ring is 1. The van der Waals surface area contributed by atoms with Crippen LogP contribution in [0.4, 0.5) is 11.5 Å². The first-order valence-corrected chi connectivity index (χ1v) is 8.30. The van der Waals surface area contributed by atoms with Gasteiger partial charge in [-0.3, -0.25) is 0 Å². The molecule has 21 heavy (non-hydrogen) atoms. The third-order valence-corrected chi connectivity index (χ3v) is 3.82. The number of hydrogen-bond acceptors (Lipinski definition) is 5. The molecule has 0 amide bonds. The molecule has 3 N–H and O–H groups in total. The highest BCUT2D eigenvalue weighted by molar-refractivity contribution is 5.67. The summed E-state index contributed by atoms with van der Waals surface area (Å²) in [6.45, 7) is 4.84. The average molecular weight is 292 g/mol. The smallest absolute Gasteiger partial charge is 0.242 e. The first-order chi connectivity index (χ1) is 10.2. The number of aromatic nitrogens is 2. The lowest BCUT2D eigenvalue weighted by atomic mass is 9.95. The molecule has 0 saturated heterocycles. The number of anilines is 2. The van der Waals surface area contributed by atoms with Gasteiger partial charge >= 0.3 is 0 Å². The predicted octanol–water partition coefficient (Wildman–Crippen LogP) is 3.54. The number of nitrogens with two attached hydrogens (primary N) is 1. The van der Waals surface area contributed by atoms with E-state index in [1.807, 2.05) is 0 Å². The highest BCUT2D eigenvalue weighted by atomic mass is 16.5. The maximum atomic E-state index is 6.19. The third-order valence-electron chi connectivity index (χ3n) is 3.82. The summed E-state index contributed by atoms with van der Waals surface area (Å²) < 4.78 is 5.69. The molecule has 1 fully saturated rings. The van der Waals surface area contributed by atoms with E-state index in [4.69, 9.17) is 10.5 Å². The summed E-state index contributed by atoms with van der Waals surface area (Å²) in [5.74, 6) is 2.11. The molecule has 0 spiro atoms. The fraction of sp³-hybridized carbons (Fsp3) is 0.750. The van der Waals surface area contributed by atoms with E-state index >= 15 is 0 Å². The van der Waals surface area contributed by atoms with E-state index in [0.29, 0.717) is 24.2 Å². The number of rotatable bonds is 7. The van der Waals surface area contributed by atoms with Crippen LogP contribution < -0.4 is 15.8 Å². The van der Waals surface area contributed by atoms with Crippen LogP contribution in [-0.4, -0.2) is 22.6 Å². The van der Waals surface area contributed by atoms with Gasteiger partial charge in [-0.1, -0.05) is 33.1 Å². The van der Waals surface area contributed by atoms with Gasteiger partial charge in [0, 0.05) is 12.5 Å². The van der Waals surface area contributed by atoms with Crippen molar-refractivity contribution in [1.29, 1.82) is 0 Å². The molecule has 2 rings (SSSR count). The molecular formula is C16H28N4O. The normalized spacial score (nSPS) is 15.9. The monoisotopic (exact) mass is 292 g/mol. The van der Waals surface area contributed by atoms with Crippen molar-refractivity contribution in [3.05, 3.63) is 5.82 Å². The van der Waals surface area contributed by atoms with Crippen LogP contribution in [0, 0.1) is 0 Å². The van der Waals surface area contributed by atoms with Crippen molar-refractivity contribution in [3.63, 3.8) is 0 Å². The summed E-state index contributed by atoms with van der Waals surface area (Å²) in [6, 6.07) is 0.476. The van der Waals surface area contributed by atoms with E-state index in [1.54, 1.807) is 0 Å². The van der Waals surface area contributed by atoms with Crippen molar-refractivity contribution in [1.82, 2.24) is 9.97 Å². The highest BCUT2D eigenvalue weighted by Crippen LogP contribution is 2.29. The summed E-state index contributed by atoms with van der Waals surface area (Å²) in [7, 11) is 0. The van der Waals surface area contributed by atoms with E-state index in [1.165, 1.54) is 32.1 Å². The van der Waals surface area contributed by atoms with Crippen molar-refractivity contribution in [2.75, 3.05) is 17.7 Å². The van der Waals surface area contributed by atoms with E-state index in [-0.39, 0.29) is 0 Å². The number of ether oxygens (including phenoxy) is 1. The second-order valence-electron chi connectivity index (χ2n) is 5.79. The molecule has 5 heteroatoms. The summed E-state index contributed by atoms with van der Waals surface area (Å²) >= 11 is 0. The first kappa shape index (κ1) is 15.9. The Morgan fingerprint density at radius 1 is 1.14 bits per heavy atom. The standard InChI is InChI=1S/C16H28N4O/c1-3-8-13-19-15(18-12-9-6-5-7-10-12)14(17)16(20-13)21-11-4-2/h12H,3-11,17H2,1-2H3,(H,18,19,20). The predicted molar refractivity (Wildman–Crippen MR) is 86.7 cm³/mol. The lowest BCUT2D eigenvalue weighted by Crippen LogP contribution is -2.24. The zero-order chi connectivity index (χ0) is 15.1. The molecular weight excluding hydrogens is 264 g/mol. The molecule has 1 aliphatic carbocycles. The number of hydrogen-bond donors (Lipinski definition) is 2. The van der Waals surface area contributed by atoms with E-state index in [0.717, 1.165) is 30.9 Å². The largest absolute Gasteiger partial charge is 0.476 e. The van der Waals surface area contributed by atoms with Crippen molar-refractivity contribution < 1.29 is 4.74 Å². The van der Waals surface area contributed by atoms with Gasteiger partial charge in [0.25, 0.3) is 0 Å². The summed E-state index contributed by atoms with van der Waals surface area (Å²) in [6.07, 6.45) is 9.09. The zero-order valence-corrected chi connectivity index (χ0v) is 13.3. The number of nitrogens with zero attached hydrogens (tertiary/aromatic N) is 2. The van der Waals surface area contributed by atoms with Crippen LogP contribution in [0.2, 0.25) is 0 Å². The first-order valence-electron chi connectivity index (χ1n) is 8.30. The molecule has 0 radical (unpaired) electrons. The molecule has 0 bridgehead atoms. The summed E-state index contributed by atoms with van der Waals surface area (Å²) in [5, 5.41) is 3.51. The highest BCUT2D eigenvalue weighted by Gasteiger charge is 2.18. The third kappa shape index (κ3) is 4.48. The van der Waals surface area contributed by atoms with Gasteiger partial charge in [-0.2, -0.15) is 4.98 Å². The molecule has 1 aromatic heterocycles. The lowest BCUT2D eigenvalue weighted by molar-refractivity contribution is 0.305. The van der Waals surface area contributed by atoms with Crippen molar-refractivity contribution in [2.45, 2.75) is 71.3 Å². The van der Waals surface area contributed by atoms with Gasteiger partial charge in [0.15, 0.2) is 5.82 Å². The van der Waals surface area contributed by atoms with Crippen LogP contribution in [0.1, 0.15) is 64.6 Å². The molecule has 0 aromatic carbocycles. The molecule has 0 atom stereocenters. The molecule has 1 saturated carbocycles. The quantitative estimate of drug-likeness (QED) is 0.804. The van der Waals surface area contributed by atoms with Gasteiger partial charge in [-0.25, -0.2) is 4.98 Å². The topological polar surface area (TPSA) is 73.1 Å². The fourth-order valence-corrected chi connectivity index (χ4v) is 2.69. The van der Waals surface area contributed by atoms with Crippen LogP contribution in [-0.2, 0) is 6.42 Å². The maximum Gasteiger partial charge on any atom is 0.242 e. The zero-order valence-electron chi connectivity index (χ0n) is 13.3. The Hall–Kier alpha value is -1.52. The number of nitrogens with one attached hydrogen (secondary N) is 1. The molecule has 1 heterocycles. The minimum absolute atomic E-state index is 0.476. The minimum Gasteiger partial charge on any atom is -0.476 e. The van der Waals surface area contributed by atoms with Gasteiger partial charge in [0.05, 0.1) is 6.61 Å². The maximum absolute atomic E-state index is 6.19. The van der Waals surface area contributed by atoms with Gasteiger partial charge in [-0.15, -0.1) is 0 Å². The van der Waals surface area contributed by atoms with Crippen molar-refractivity contribution in [2.24, 2.45) is 0 Å². The Morgan fingerprint density at radius 2 is 1.90 bits per heavy atom. The second-order valence-corrected chi connectivity index (χ2v) is 5.79. The molecule has 1 aliphatic rings. The van der Waals surface area contributed by atoms with E-state index in [2.05, 4.69) is 29.1 Å². The van der Waals surface area contributed by atoms with E-state index in [9.17, 15) is 0 Å². The van der Waals surface area contributed by atoms with Crippen molar-refractivity contribution >= 4 is 11.5 Å². The van der Waals surface area contributed by atoms with Crippen LogP contribution >= 0.6 is 0 Å². The number of aryl methyl sites for hydroxylation is 1. The molecule has 118 valence electrons. The molecule has 0 unspecified atom stereocenters. The molecule has 5 nitrogen and oxygen atoms in total. The average Bonchev–Trinajstić information content (AvgIpc) is 2.50. The van der Waals surface area contributed by atoms with Crippen molar-refractivity contribution in [3.8, 4) is 5.88 Å². The van der Waals surface area contributed by atoms with Crippen LogP contribution in [0.25, 0.3) is 0 Å². The fourth-order valence-electron chi connectivity index (χ4n) is 2.69. The van der Waals surface area contributed by atoms with E-state index < -0.39 is 0 Å². The van der Waals surface area contributed by atoms with Crippen LogP contribution in [0.3, 0.4) is 0 Å². The Labute approximate surface area is 127 Å². The van der Waals surface area contributed by atoms with Gasteiger partial charge < -0.3 is 15.8 Å². The van der Waals surface area contributed by atoms with Gasteiger partial charge in [0.1, 0.15) is 11.5 Å². The Balaban J connectivity index is 2.17. The second kappa shape index (κ2) is 8.05. The van der Waals surface area contributed by atoms with Gasteiger partial charge in [0.2, 0.25) is 5.88 Å². The Bertz CT molecular complexity index is 444. The van der Waals surface area contributed by atoms with Crippen LogP contribution in [0.15, 0.2) is 0 Å². The molecule has 0 aliphatic heterocycles. The summed E-state index contributed by atoms with van der Waals surface area (Å²) in [4.78, 5) is 9.05. The Kier molecular flexibility index (Phi) is 6.08. The lowest BCUT2D eigenvalue weighted by Gasteiger charge is -2.24. The molecule has 1 aromatic rings. The minimum atomic E-state index is 0.476. The van der Waals surface area contributed by atoms with Crippen LogP contribution in [0.5, 0.6) is 5.88 Å². The Morgan fingerprint density at radius 3 is 2.57 bits per heavy atom. The van der Waals surface area contributed by atoms with Gasteiger partial charge in [-0.05, 0) is 25.7 Å².